The van der Waals surface area contributed by atoms with E-state index in [1.54, 1.807) is 0 Å². The van der Waals surface area contributed by atoms with E-state index in [9.17, 15) is 0 Å². The van der Waals surface area contributed by atoms with E-state index in [-0.39, 0.29) is 0 Å². The van der Waals surface area contributed by atoms with Crippen LogP contribution in [-0.4, -0.2) is 17.3 Å². The number of hydrogen-bond acceptors (Lipinski definition) is 0. The Bertz CT molecular complexity index is 162. The molecule has 0 amide bonds. The zero-order chi connectivity index (χ0) is 13.7. The van der Waals surface area contributed by atoms with Gasteiger partial charge < -0.3 is 0 Å². The van der Waals surface area contributed by atoms with Gasteiger partial charge in [-0.15, -0.1) is 0 Å². The standard InChI is InChI=1S/C16H35BrS/c1-4-7-10-11-12-13-16-18(17,14-8-5-2)15-9-6-3/h4-16H2,1-3H3. The Hall–Kier alpha value is 0.830. The highest BCUT2D eigenvalue weighted by molar-refractivity contribution is 9.58. The van der Waals surface area contributed by atoms with Crippen molar-refractivity contribution in [2.24, 2.45) is 0 Å². The van der Waals surface area contributed by atoms with E-state index in [0.29, 0.717) is 0 Å². The first kappa shape index (κ1) is 18.8. The van der Waals surface area contributed by atoms with Crippen LogP contribution >= 0.6 is 23.3 Å². The fourth-order valence-corrected chi connectivity index (χ4v) is 7.26. The minimum Gasteiger partial charge on any atom is -0.183 e. The number of unbranched alkanes of at least 4 members (excludes halogenated alkanes) is 7. The summed E-state index contributed by atoms with van der Waals surface area (Å²) in [6.45, 7) is 6.93. The van der Waals surface area contributed by atoms with Crippen LogP contribution in [0.15, 0.2) is 0 Å². The van der Waals surface area contributed by atoms with Gasteiger partial charge in [-0.2, -0.15) is 8.46 Å². The number of rotatable bonds is 13. The van der Waals surface area contributed by atoms with Gasteiger partial charge in [0.1, 0.15) is 0 Å². The van der Waals surface area contributed by atoms with Crippen molar-refractivity contribution in [3.63, 3.8) is 0 Å². The maximum atomic E-state index is 4.15. The van der Waals surface area contributed by atoms with Crippen LogP contribution in [0.5, 0.6) is 0 Å². The van der Waals surface area contributed by atoms with E-state index in [2.05, 4.69) is 35.6 Å². The summed E-state index contributed by atoms with van der Waals surface area (Å²) in [6, 6.07) is 0. The molecule has 0 heterocycles. The summed E-state index contributed by atoms with van der Waals surface area (Å²) in [7, 11) is -0.444. The number of halogens is 1. The van der Waals surface area contributed by atoms with Gasteiger partial charge in [-0.25, -0.2) is 0 Å². The molecule has 0 spiro atoms. The highest BCUT2D eigenvalue weighted by Crippen LogP contribution is 2.57. The fraction of sp³-hybridized carbons (Fsp3) is 1.00. The molecule has 2 heteroatoms. The second-order valence-corrected chi connectivity index (χ2v) is 12.8. The van der Waals surface area contributed by atoms with Gasteiger partial charge in [0.05, 0.1) is 0 Å². The highest BCUT2D eigenvalue weighted by atomic mass is 79.9. The maximum Gasteiger partial charge on any atom is -0.0136 e. The van der Waals surface area contributed by atoms with Gasteiger partial charge in [-0.1, -0.05) is 65.7 Å². The summed E-state index contributed by atoms with van der Waals surface area (Å²) in [6.07, 6.45) is 14.1. The van der Waals surface area contributed by atoms with Crippen molar-refractivity contribution < 1.29 is 0 Å². The molecule has 0 radical (unpaired) electrons. The summed E-state index contributed by atoms with van der Waals surface area (Å²) in [5.74, 6) is 4.38. The first-order valence-corrected chi connectivity index (χ1v) is 12.1. The molecular weight excluding hydrogens is 304 g/mol. The molecule has 0 nitrogen and oxygen atoms in total. The second kappa shape index (κ2) is 12.8. The maximum absolute atomic E-state index is 4.15. The van der Waals surface area contributed by atoms with Crippen molar-refractivity contribution in [2.75, 3.05) is 17.3 Å². The summed E-state index contributed by atoms with van der Waals surface area (Å²) >= 11 is 4.15. The molecule has 0 fully saturated rings. The van der Waals surface area contributed by atoms with Gasteiger partial charge in [0.15, 0.2) is 0 Å². The molecule has 18 heavy (non-hydrogen) atoms. The molecule has 0 aliphatic rings. The van der Waals surface area contributed by atoms with Gasteiger partial charge in [0.2, 0.25) is 0 Å². The normalized spacial score (nSPS) is 12.9. The van der Waals surface area contributed by atoms with Crippen molar-refractivity contribution in [1.82, 2.24) is 0 Å². The van der Waals surface area contributed by atoms with Crippen molar-refractivity contribution >= 4 is 23.3 Å². The molecule has 0 rings (SSSR count). The van der Waals surface area contributed by atoms with E-state index < -0.39 is 8.46 Å². The lowest BCUT2D eigenvalue weighted by atomic mass is 10.1. The fourth-order valence-electron chi connectivity index (χ4n) is 2.25. The van der Waals surface area contributed by atoms with E-state index >= 15 is 0 Å². The summed E-state index contributed by atoms with van der Waals surface area (Å²) in [5, 5.41) is 0. The van der Waals surface area contributed by atoms with Crippen molar-refractivity contribution in [3.05, 3.63) is 0 Å². The van der Waals surface area contributed by atoms with Crippen LogP contribution < -0.4 is 0 Å². The molecule has 112 valence electrons. The smallest absolute Gasteiger partial charge is 0.0136 e. The van der Waals surface area contributed by atoms with Gasteiger partial charge >= 0.3 is 0 Å². The van der Waals surface area contributed by atoms with Crippen LogP contribution in [0.25, 0.3) is 0 Å². The van der Waals surface area contributed by atoms with Gasteiger partial charge in [0, 0.05) is 0 Å². The van der Waals surface area contributed by atoms with Crippen LogP contribution in [0.3, 0.4) is 0 Å². The lowest BCUT2D eigenvalue weighted by molar-refractivity contribution is 0.626. The third-order valence-corrected chi connectivity index (χ3v) is 9.57. The first-order chi connectivity index (χ1) is 8.68. The Labute approximate surface area is 125 Å². The quantitative estimate of drug-likeness (QED) is 0.315. The minimum absolute atomic E-state index is 0.444. The monoisotopic (exact) mass is 338 g/mol. The predicted octanol–water partition coefficient (Wildman–Crippen LogP) is 7.06. The lowest BCUT2D eigenvalue weighted by Crippen LogP contribution is -2.07. The van der Waals surface area contributed by atoms with E-state index in [0.717, 1.165) is 0 Å². The lowest BCUT2D eigenvalue weighted by Gasteiger charge is -2.33. The Kier molecular flexibility index (Phi) is 13.4. The summed E-state index contributed by atoms with van der Waals surface area (Å²) < 4.78 is 0. The Morgan fingerprint density at radius 3 is 1.44 bits per heavy atom. The highest BCUT2D eigenvalue weighted by Gasteiger charge is 2.18. The zero-order valence-electron chi connectivity index (χ0n) is 13.0. The molecule has 0 saturated heterocycles. The van der Waals surface area contributed by atoms with Crippen molar-refractivity contribution in [2.45, 2.75) is 85.0 Å². The van der Waals surface area contributed by atoms with E-state index in [1.807, 2.05) is 0 Å². The Morgan fingerprint density at radius 1 is 0.556 bits per heavy atom. The molecule has 0 aliphatic carbocycles. The zero-order valence-corrected chi connectivity index (χ0v) is 15.4. The molecule has 0 N–H and O–H groups in total. The third-order valence-electron chi connectivity index (χ3n) is 3.59. The van der Waals surface area contributed by atoms with Gasteiger partial charge in [-0.05, 0) is 51.3 Å². The molecule has 0 aliphatic heterocycles. The van der Waals surface area contributed by atoms with E-state index in [4.69, 9.17) is 0 Å². The average Bonchev–Trinajstić information content (AvgIpc) is 2.38. The van der Waals surface area contributed by atoms with Crippen LogP contribution in [0.2, 0.25) is 0 Å². The molecule has 0 atom stereocenters. The van der Waals surface area contributed by atoms with Crippen molar-refractivity contribution in [3.8, 4) is 0 Å². The SMILES string of the molecule is CCCCCCCCS(Br)(CCCC)CCCC. The average molecular weight is 339 g/mol. The molecule has 0 saturated carbocycles. The van der Waals surface area contributed by atoms with Crippen LogP contribution in [-0.2, 0) is 0 Å². The number of hydrogen-bond donors (Lipinski definition) is 0. The molecule has 0 aromatic carbocycles. The van der Waals surface area contributed by atoms with E-state index in [1.165, 1.54) is 81.5 Å². The summed E-state index contributed by atoms with van der Waals surface area (Å²) in [5.41, 5.74) is 0. The Morgan fingerprint density at radius 2 is 0.944 bits per heavy atom. The van der Waals surface area contributed by atoms with Crippen molar-refractivity contribution in [1.29, 1.82) is 0 Å². The topological polar surface area (TPSA) is 0 Å². The second-order valence-electron chi connectivity index (χ2n) is 5.53. The van der Waals surface area contributed by atoms with Crippen LogP contribution in [0.1, 0.15) is 85.0 Å². The minimum atomic E-state index is -0.444. The van der Waals surface area contributed by atoms with Crippen LogP contribution in [0.4, 0.5) is 0 Å². The molecule has 0 unspecified atom stereocenters. The first-order valence-electron chi connectivity index (χ1n) is 8.14. The summed E-state index contributed by atoms with van der Waals surface area (Å²) in [4.78, 5) is 0. The largest absolute Gasteiger partial charge is 0.183 e. The molecular formula is C16H35BrS. The molecule has 0 aromatic heterocycles. The van der Waals surface area contributed by atoms with Crippen LogP contribution in [0, 0.1) is 0 Å². The van der Waals surface area contributed by atoms with Gasteiger partial charge in [0.25, 0.3) is 0 Å². The molecule has 0 bridgehead atoms. The van der Waals surface area contributed by atoms with Gasteiger partial charge in [-0.3, -0.25) is 0 Å². The third kappa shape index (κ3) is 10.7. The predicted molar refractivity (Wildman–Crippen MR) is 94.3 cm³/mol. The Balaban J connectivity index is 3.77. The molecule has 0 aromatic rings.